The van der Waals surface area contributed by atoms with E-state index >= 15 is 0 Å². The predicted molar refractivity (Wildman–Crippen MR) is 76.2 cm³/mol. The number of methoxy groups -OCH3 is 1. The molecular weight excluding hydrogens is 244 g/mol. The predicted octanol–water partition coefficient (Wildman–Crippen LogP) is 3.02. The molecular formula is C14H18N2OS. The van der Waals surface area contributed by atoms with Crippen molar-refractivity contribution in [1.82, 2.24) is 4.98 Å². The van der Waals surface area contributed by atoms with Crippen molar-refractivity contribution in [3.8, 4) is 16.3 Å². The molecule has 0 atom stereocenters. The molecule has 0 aliphatic heterocycles. The largest absolute Gasteiger partial charge is 0.496 e. The van der Waals surface area contributed by atoms with E-state index in [1.807, 2.05) is 12.1 Å². The van der Waals surface area contributed by atoms with Crippen molar-refractivity contribution in [2.24, 2.45) is 5.73 Å². The highest BCUT2D eigenvalue weighted by Crippen LogP contribution is 2.33. The van der Waals surface area contributed by atoms with E-state index in [9.17, 15) is 0 Å². The first-order valence-corrected chi connectivity index (χ1v) is 6.92. The minimum atomic E-state index is 0.709. The van der Waals surface area contributed by atoms with Crippen LogP contribution in [0.4, 0.5) is 0 Å². The zero-order chi connectivity index (χ0) is 13.0. The van der Waals surface area contributed by atoms with Crippen LogP contribution >= 0.6 is 11.3 Å². The summed E-state index contributed by atoms with van der Waals surface area (Å²) in [5.74, 6) is 0.875. The van der Waals surface area contributed by atoms with Crippen LogP contribution in [-0.2, 0) is 6.42 Å². The Kier molecular flexibility index (Phi) is 4.33. The van der Waals surface area contributed by atoms with Crippen LogP contribution in [0, 0.1) is 6.92 Å². The van der Waals surface area contributed by atoms with Gasteiger partial charge in [-0.1, -0.05) is 11.6 Å². The Bertz CT molecular complexity index is 522. The molecule has 2 aromatic rings. The van der Waals surface area contributed by atoms with Crippen LogP contribution in [0.5, 0.6) is 5.75 Å². The maximum Gasteiger partial charge on any atom is 0.129 e. The van der Waals surface area contributed by atoms with Gasteiger partial charge in [0.05, 0.1) is 18.4 Å². The van der Waals surface area contributed by atoms with Crippen LogP contribution in [0.15, 0.2) is 23.6 Å². The van der Waals surface area contributed by atoms with Crippen molar-refractivity contribution in [3.05, 3.63) is 34.8 Å². The standard InChI is InChI=1S/C14H18N2OS/c1-10-5-6-13(17-2)12(8-10)14-16-11(9-18-14)4-3-7-15/h5-6,8-9H,3-4,7,15H2,1-2H3. The Morgan fingerprint density at radius 3 is 2.94 bits per heavy atom. The summed E-state index contributed by atoms with van der Waals surface area (Å²) in [6.07, 6.45) is 1.93. The van der Waals surface area contributed by atoms with Crippen molar-refractivity contribution in [2.45, 2.75) is 19.8 Å². The molecule has 18 heavy (non-hydrogen) atoms. The van der Waals surface area contributed by atoms with E-state index < -0.39 is 0 Å². The van der Waals surface area contributed by atoms with Gasteiger partial charge >= 0.3 is 0 Å². The molecule has 0 unspecified atom stereocenters. The zero-order valence-corrected chi connectivity index (χ0v) is 11.6. The highest BCUT2D eigenvalue weighted by Gasteiger charge is 2.10. The fraction of sp³-hybridized carbons (Fsp3) is 0.357. The number of hydrogen-bond acceptors (Lipinski definition) is 4. The first kappa shape index (κ1) is 13.1. The van der Waals surface area contributed by atoms with Gasteiger partial charge in [0.1, 0.15) is 10.8 Å². The van der Waals surface area contributed by atoms with Gasteiger partial charge < -0.3 is 10.5 Å². The maximum atomic E-state index is 5.52. The molecule has 2 rings (SSSR count). The molecule has 0 bridgehead atoms. The molecule has 1 aromatic heterocycles. The summed E-state index contributed by atoms with van der Waals surface area (Å²) in [5, 5.41) is 3.12. The van der Waals surface area contributed by atoms with Gasteiger partial charge in [-0.25, -0.2) is 4.98 Å². The van der Waals surface area contributed by atoms with Crippen LogP contribution < -0.4 is 10.5 Å². The minimum Gasteiger partial charge on any atom is -0.496 e. The lowest BCUT2D eigenvalue weighted by Crippen LogP contribution is -2.00. The van der Waals surface area contributed by atoms with Gasteiger partial charge in [-0.2, -0.15) is 0 Å². The van der Waals surface area contributed by atoms with E-state index in [1.165, 1.54) is 5.56 Å². The van der Waals surface area contributed by atoms with E-state index in [4.69, 9.17) is 10.5 Å². The quantitative estimate of drug-likeness (QED) is 0.901. The third kappa shape index (κ3) is 2.89. The Morgan fingerprint density at radius 1 is 1.39 bits per heavy atom. The molecule has 0 radical (unpaired) electrons. The summed E-state index contributed by atoms with van der Waals surface area (Å²) in [4.78, 5) is 4.65. The molecule has 0 spiro atoms. The summed E-state index contributed by atoms with van der Waals surface area (Å²) in [6.45, 7) is 2.78. The number of nitrogens with zero attached hydrogens (tertiary/aromatic N) is 1. The van der Waals surface area contributed by atoms with Gasteiger partial charge in [-0.3, -0.25) is 0 Å². The molecule has 0 saturated heterocycles. The highest BCUT2D eigenvalue weighted by molar-refractivity contribution is 7.13. The van der Waals surface area contributed by atoms with Crippen LogP contribution in [-0.4, -0.2) is 18.6 Å². The normalized spacial score (nSPS) is 10.6. The molecule has 1 heterocycles. The van der Waals surface area contributed by atoms with E-state index in [2.05, 4.69) is 23.4 Å². The van der Waals surface area contributed by atoms with Gasteiger partial charge in [-0.15, -0.1) is 11.3 Å². The van der Waals surface area contributed by atoms with E-state index in [0.29, 0.717) is 6.54 Å². The minimum absolute atomic E-state index is 0.709. The first-order chi connectivity index (χ1) is 8.74. The third-order valence-electron chi connectivity index (χ3n) is 2.77. The summed E-state index contributed by atoms with van der Waals surface area (Å²) in [5.41, 5.74) is 8.91. The van der Waals surface area contributed by atoms with E-state index in [1.54, 1.807) is 18.4 Å². The zero-order valence-electron chi connectivity index (χ0n) is 10.8. The molecule has 0 amide bonds. The molecule has 3 nitrogen and oxygen atoms in total. The van der Waals surface area contributed by atoms with Gasteiger partial charge in [-0.05, 0) is 38.4 Å². The molecule has 0 aliphatic carbocycles. The summed E-state index contributed by atoms with van der Waals surface area (Å²) in [6, 6.07) is 6.15. The van der Waals surface area contributed by atoms with Crippen LogP contribution in [0.25, 0.3) is 10.6 Å². The Morgan fingerprint density at radius 2 is 2.22 bits per heavy atom. The average Bonchev–Trinajstić information content (AvgIpc) is 2.85. The van der Waals surface area contributed by atoms with Gasteiger partial charge in [0.2, 0.25) is 0 Å². The number of hydrogen-bond donors (Lipinski definition) is 1. The number of benzene rings is 1. The monoisotopic (exact) mass is 262 g/mol. The summed E-state index contributed by atoms with van der Waals surface area (Å²) >= 11 is 1.66. The molecule has 0 aliphatic rings. The smallest absolute Gasteiger partial charge is 0.129 e. The van der Waals surface area contributed by atoms with Gasteiger partial charge in [0.15, 0.2) is 0 Å². The summed E-state index contributed by atoms with van der Waals surface area (Å²) in [7, 11) is 1.69. The van der Waals surface area contributed by atoms with E-state index in [0.717, 1.165) is 34.9 Å². The molecule has 96 valence electrons. The van der Waals surface area contributed by atoms with Crippen LogP contribution in [0.2, 0.25) is 0 Å². The van der Waals surface area contributed by atoms with Crippen molar-refractivity contribution in [3.63, 3.8) is 0 Å². The Labute approximate surface area is 112 Å². The lowest BCUT2D eigenvalue weighted by Gasteiger charge is -2.06. The van der Waals surface area contributed by atoms with Crippen molar-refractivity contribution >= 4 is 11.3 Å². The highest BCUT2D eigenvalue weighted by atomic mass is 32.1. The number of rotatable bonds is 5. The second kappa shape index (κ2) is 5.98. The second-order valence-corrected chi connectivity index (χ2v) is 5.10. The third-order valence-corrected chi connectivity index (χ3v) is 3.70. The fourth-order valence-corrected chi connectivity index (χ4v) is 2.69. The average molecular weight is 262 g/mol. The number of aryl methyl sites for hydroxylation is 2. The molecule has 4 heteroatoms. The number of nitrogens with two attached hydrogens (primary N) is 1. The second-order valence-electron chi connectivity index (χ2n) is 4.24. The van der Waals surface area contributed by atoms with Crippen molar-refractivity contribution < 1.29 is 4.74 Å². The Balaban J connectivity index is 2.30. The SMILES string of the molecule is COc1ccc(C)cc1-c1nc(CCCN)cs1. The lowest BCUT2D eigenvalue weighted by molar-refractivity contribution is 0.416. The first-order valence-electron chi connectivity index (χ1n) is 6.04. The van der Waals surface area contributed by atoms with Gasteiger partial charge in [0, 0.05) is 5.38 Å². The van der Waals surface area contributed by atoms with Crippen LogP contribution in [0.1, 0.15) is 17.7 Å². The molecule has 0 fully saturated rings. The number of thiazole rings is 1. The fourth-order valence-electron chi connectivity index (χ4n) is 1.82. The Hall–Kier alpha value is -1.39. The topological polar surface area (TPSA) is 48.1 Å². The number of aromatic nitrogens is 1. The van der Waals surface area contributed by atoms with Gasteiger partial charge in [0.25, 0.3) is 0 Å². The molecule has 1 aromatic carbocycles. The van der Waals surface area contributed by atoms with E-state index in [-0.39, 0.29) is 0 Å². The van der Waals surface area contributed by atoms with Crippen LogP contribution in [0.3, 0.4) is 0 Å². The maximum absolute atomic E-state index is 5.52. The van der Waals surface area contributed by atoms with Crippen molar-refractivity contribution in [1.29, 1.82) is 0 Å². The summed E-state index contributed by atoms with van der Waals surface area (Å²) < 4.78 is 5.39. The molecule has 0 saturated carbocycles. The number of ether oxygens (including phenoxy) is 1. The lowest BCUT2D eigenvalue weighted by atomic mass is 10.1. The molecule has 2 N–H and O–H groups in total. The van der Waals surface area contributed by atoms with Crippen molar-refractivity contribution in [2.75, 3.05) is 13.7 Å².